The lowest BCUT2D eigenvalue weighted by Crippen LogP contribution is -2.40. The summed E-state index contributed by atoms with van der Waals surface area (Å²) in [6.07, 6.45) is 0. The number of nitrogens with one attached hydrogen (secondary N) is 1. The fraction of sp³-hybridized carbons (Fsp3) is 0.417. The molecule has 1 aromatic rings. The van der Waals surface area contributed by atoms with Crippen molar-refractivity contribution in [3.05, 3.63) is 35.4 Å². The first kappa shape index (κ1) is 12.8. The number of hydrogen-bond acceptors (Lipinski definition) is 2. The first-order chi connectivity index (χ1) is 7.16. The highest BCUT2D eigenvalue weighted by atomic mass is 19.3. The van der Waals surface area contributed by atoms with Gasteiger partial charge in [0.1, 0.15) is 5.60 Å². The molecule has 2 nitrogen and oxygen atoms in total. The van der Waals surface area contributed by atoms with Crippen LogP contribution in [0, 0.1) is 5.41 Å². The molecule has 1 rings (SSSR count). The highest BCUT2D eigenvalue weighted by Gasteiger charge is 2.46. The van der Waals surface area contributed by atoms with Crippen LogP contribution in [0.2, 0.25) is 0 Å². The fourth-order valence-electron chi connectivity index (χ4n) is 1.30. The molecule has 16 heavy (non-hydrogen) atoms. The minimum atomic E-state index is -3.33. The fourth-order valence-corrected chi connectivity index (χ4v) is 1.30. The highest BCUT2D eigenvalue weighted by Crippen LogP contribution is 2.38. The highest BCUT2D eigenvalue weighted by molar-refractivity contribution is 5.96. The largest absolute Gasteiger partial charge is 0.384 e. The molecule has 0 spiro atoms. The molecule has 1 aromatic carbocycles. The summed E-state index contributed by atoms with van der Waals surface area (Å²) in [4.78, 5) is 0. The predicted molar refractivity (Wildman–Crippen MR) is 59.1 cm³/mol. The molecule has 2 N–H and O–H groups in total. The van der Waals surface area contributed by atoms with Crippen LogP contribution in [0.3, 0.4) is 0 Å². The van der Waals surface area contributed by atoms with Gasteiger partial charge in [-0.05, 0) is 32.4 Å². The molecular weight excluding hydrogens is 212 g/mol. The number of halogens is 2. The third kappa shape index (κ3) is 2.27. The molecule has 0 saturated carbocycles. The minimum Gasteiger partial charge on any atom is -0.384 e. The van der Waals surface area contributed by atoms with Crippen molar-refractivity contribution < 1.29 is 13.9 Å². The first-order valence-corrected chi connectivity index (χ1v) is 4.92. The molecule has 0 saturated heterocycles. The van der Waals surface area contributed by atoms with Gasteiger partial charge in [-0.15, -0.1) is 0 Å². The third-order valence-corrected chi connectivity index (χ3v) is 2.43. The average Bonchev–Trinajstić information content (AvgIpc) is 2.16. The summed E-state index contributed by atoms with van der Waals surface area (Å²) in [7, 11) is 0. The van der Waals surface area contributed by atoms with Crippen molar-refractivity contribution in [2.45, 2.75) is 32.3 Å². The third-order valence-electron chi connectivity index (χ3n) is 2.43. The molecule has 0 aliphatic heterocycles. The van der Waals surface area contributed by atoms with E-state index in [1.165, 1.54) is 25.1 Å². The summed E-state index contributed by atoms with van der Waals surface area (Å²) in [6, 6.07) is 5.54. The molecule has 0 radical (unpaired) electrons. The van der Waals surface area contributed by atoms with E-state index in [0.717, 1.165) is 13.8 Å². The molecule has 0 aliphatic rings. The summed E-state index contributed by atoms with van der Waals surface area (Å²) in [5, 5.41) is 16.8. The molecule has 0 heterocycles. The molecule has 0 aromatic heterocycles. The second-order valence-electron chi connectivity index (χ2n) is 4.34. The zero-order valence-corrected chi connectivity index (χ0v) is 9.51. The van der Waals surface area contributed by atoms with Crippen molar-refractivity contribution in [2.24, 2.45) is 0 Å². The van der Waals surface area contributed by atoms with Crippen LogP contribution >= 0.6 is 0 Å². The Morgan fingerprint density at radius 2 is 1.88 bits per heavy atom. The van der Waals surface area contributed by atoms with Gasteiger partial charge < -0.3 is 10.5 Å². The molecule has 4 heteroatoms. The van der Waals surface area contributed by atoms with Gasteiger partial charge in [0, 0.05) is 11.3 Å². The summed E-state index contributed by atoms with van der Waals surface area (Å²) < 4.78 is 27.6. The Hall–Kier alpha value is -1.29. The van der Waals surface area contributed by atoms with E-state index in [9.17, 15) is 13.9 Å². The average molecular weight is 227 g/mol. The van der Waals surface area contributed by atoms with E-state index in [4.69, 9.17) is 5.41 Å². The lowest BCUT2D eigenvalue weighted by molar-refractivity contribution is -0.168. The zero-order valence-electron chi connectivity index (χ0n) is 9.51. The Kier molecular flexibility index (Phi) is 3.15. The van der Waals surface area contributed by atoms with Gasteiger partial charge in [0.15, 0.2) is 0 Å². The van der Waals surface area contributed by atoms with Crippen LogP contribution in [-0.2, 0) is 5.92 Å². The van der Waals surface area contributed by atoms with Gasteiger partial charge in [0.2, 0.25) is 0 Å². The Balaban J connectivity index is 3.24. The van der Waals surface area contributed by atoms with Crippen molar-refractivity contribution in [2.75, 3.05) is 0 Å². The smallest absolute Gasteiger partial charge is 0.300 e. The Morgan fingerprint density at radius 1 is 1.31 bits per heavy atom. The van der Waals surface area contributed by atoms with Crippen molar-refractivity contribution in [1.82, 2.24) is 0 Å². The molecule has 0 fully saturated rings. The number of benzene rings is 1. The summed E-state index contributed by atoms with van der Waals surface area (Å²) >= 11 is 0. The van der Waals surface area contributed by atoms with E-state index >= 15 is 0 Å². The van der Waals surface area contributed by atoms with E-state index in [2.05, 4.69) is 0 Å². The van der Waals surface area contributed by atoms with Gasteiger partial charge in [-0.1, -0.05) is 18.2 Å². The Morgan fingerprint density at radius 3 is 2.31 bits per heavy atom. The number of rotatable bonds is 3. The van der Waals surface area contributed by atoms with E-state index in [1.54, 1.807) is 6.07 Å². The SMILES string of the molecule is CC(=N)c1cccc(C(F)(F)C(C)(C)O)c1. The Labute approximate surface area is 93.4 Å². The van der Waals surface area contributed by atoms with Crippen LogP contribution in [0.4, 0.5) is 8.78 Å². The molecule has 0 unspecified atom stereocenters. The van der Waals surface area contributed by atoms with Crippen LogP contribution in [-0.4, -0.2) is 16.4 Å². The van der Waals surface area contributed by atoms with E-state index in [1.807, 2.05) is 0 Å². The normalized spacial score (nSPS) is 12.6. The molecule has 0 atom stereocenters. The van der Waals surface area contributed by atoms with E-state index < -0.39 is 11.5 Å². The maximum atomic E-state index is 13.8. The predicted octanol–water partition coefficient (Wildman–Crippen LogP) is 2.94. The number of hydrogen-bond donors (Lipinski definition) is 2. The van der Waals surface area contributed by atoms with Gasteiger partial charge in [0.25, 0.3) is 0 Å². The van der Waals surface area contributed by atoms with Crippen LogP contribution < -0.4 is 0 Å². The van der Waals surface area contributed by atoms with Gasteiger partial charge in [0.05, 0.1) is 0 Å². The van der Waals surface area contributed by atoms with Gasteiger partial charge in [-0.3, -0.25) is 0 Å². The Bertz CT molecular complexity index is 408. The quantitative estimate of drug-likeness (QED) is 0.766. The summed E-state index contributed by atoms with van der Waals surface area (Å²) in [5.41, 5.74) is -1.75. The summed E-state index contributed by atoms with van der Waals surface area (Å²) in [6.45, 7) is 3.66. The van der Waals surface area contributed by atoms with E-state index in [0.29, 0.717) is 5.56 Å². The molecule has 0 bridgehead atoms. The van der Waals surface area contributed by atoms with Crippen LogP contribution in [0.25, 0.3) is 0 Å². The van der Waals surface area contributed by atoms with Crippen LogP contribution in [0.1, 0.15) is 31.9 Å². The maximum Gasteiger partial charge on any atom is 0.300 e. The first-order valence-electron chi connectivity index (χ1n) is 4.92. The van der Waals surface area contributed by atoms with Crippen molar-refractivity contribution in [3.8, 4) is 0 Å². The molecule has 88 valence electrons. The second kappa shape index (κ2) is 3.94. The lowest BCUT2D eigenvalue weighted by atomic mass is 9.92. The van der Waals surface area contributed by atoms with Gasteiger partial charge in [-0.25, -0.2) is 0 Å². The van der Waals surface area contributed by atoms with Crippen molar-refractivity contribution in [3.63, 3.8) is 0 Å². The molecular formula is C12H15F2NO. The topological polar surface area (TPSA) is 44.1 Å². The van der Waals surface area contributed by atoms with Crippen LogP contribution in [0.5, 0.6) is 0 Å². The number of aliphatic hydroxyl groups is 1. The molecule has 0 aliphatic carbocycles. The maximum absolute atomic E-state index is 13.8. The van der Waals surface area contributed by atoms with Gasteiger partial charge >= 0.3 is 5.92 Å². The monoisotopic (exact) mass is 227 g/mol. The molecule has 0 amide bonds. The second-order valence-corrected chi connectivity index (χ2v) is 4.34. The van der Waals surface area contributed by atoms with Crippen molar-refractivity contribution in [1.29, 1.82) is 5.41 Å². The van der Waals surface area contributed by atoms with E-state index in [-0.39, 0.29) is 11.3 Å². The minimum absolute atomic E-state index is 0.216. The number of alkyl halides is 2. The van der Waals surface area contributed by atoms with Crippen LogP contribution in [0.15, 0.2) is 24.3 Å². The standard InChI is InChI=1S/C12H15F2NO/c1-8(15)9-5-4-6-10(7-9)12(13,14)11(2,3)16/h4-7,15-16H,1-3H3. The lowest BCUT2D eigenvalue weighted by Gasteiger charge is -2.29. The van der Waals surface area contributed by atoms with Gasteiger partial charge in [-0.2, -0.15) is 8.78 Å². The van der Waals surface area contributed by atoms with Crippen molar-refractivity contribution >= 4 is 5.71 Å². The summed E-state index contributed by atoms with van der Waals surface area (Å²) in [5.74, 6) is -3.33. The zero-order chi connectivity index (χ0) is 12.6.